The lowest BCUT2D eigenvalue weighted by Crippen LogP contribution is -2.10. The van der Waals surface area contributed by atoms with Gasteiger partial charge in [0, 0.05) is 40.2 Å². The molecule has 0 heterocycles. The van der Waals surface area contributed by atoms with E-state index in [9.17, 15) is 4.79 Å². The van der Waals surface area contributed by atoms with Gasteiger partial charge in [-0.3, -0.25) is 0 Å². The minimum Gasteiger partial charge on any atom is -0.423 e. The Balaban J connectivity index is 0.959. The van der Waals surface area contributed by atoms with Crippen molar-refractivity contribution in [3.8, 4) is 5.75 Å². The molecule has 64 heavy (non-hydrogen) atoms. The van der Waals surface area contributed by atoms with Gasteiger partial charge in [0.1, 0.15) is 5.75 Å². The second kappa shape index (κ2) is 18.7. The molecule has 0 aliphatic rings. The number of carbonyl (C=O) groups is 1. The van der Waals surface area contributed by atoms with Gasteiger partial charge < -0.3 is 14.5 Å². The minimum atomic E-state index is -0.478. The van der Waals surface area contributed by atoms with Crippen LogP contribution in [0.15, 0.2) is 207 Å². The van der Waals surface area contributed by atoms with Crippen LogP contribution in [0.4, 0.5) is 34.1 Å². The van der Waals surface area contributed by atoms with E-state index in [0.717, 1.165) is 59.8 Å². The van der Waals surface area contributed by atoms with Crippen LogP contribution in [0.2, 0.25) is 0 Å². The molecule has 0 saturated heterocycles. The molecule has 0 spiro atoms. The van der Waals surface area contributed by atoms with Crippen molar-refractivity contribution in [1.29, 1.82) is 0 Å². The fourth-order valence-corrected chi connectivity index (χ4v) is 8.81. The van der Waals surface area contributed by atoms with Crippen LogP contribution in [0.25, 0.3) is 21.5 Å². The van der Waals surface area contributed by atoms with Gasteiger partial charge in [0.2, 0.25) is 0 Å². The number of aryl methyl sites for hydroxylation is 7. The molecule has 0 radical (unpaired) electrons. The average Bonchev–Trinajstić information content (AvgIpc) is 3.33. The Labute approximate surface area is 377 Å². The number of fused-ring (bicyclic) bond motifs is 2. The molecule has 0 bridgehead atoms. The third-order valence-corrected chi connectivity index (χ3v) is 12.2. The summed E-state index contributed by atoms with van der Waals surface area (Å²) >= 11 is 0. The van der Waals surface area contributed by atoms with E-state index in [1.165, 1.54) is 66.6 Å². The molecule has 0 atom stereocenters. The number of rotatable bonds is 14. The van der Waals surface area contributed by atoms with Gasteiger partial charge in [-0.15, -0.1) is 0 Å². The molecule has 314 valence electrons. The normalized spacial score (nSPS) is 11.1. The molecule has 0 amide bonds. The maximum absolute atomic E-state index is 11.8. The van der Waals surface area contributed by atoms with Crippen molar-refractivity contribution in [2.45, 2.75) is 46.5 Å². The molecule has 0 N–H and O–H groups in total. The third-order valence-electron chi connectivity index (χ3n) is 12.2. The van der Waals surface area contributed by atoms with Crippen molar-refractivity contribution >= 4 is 61.6 Å². The molecule has 0 aliphatic carbocycles. The summed E-state index contributed by atoms with van der Waals surface area (Å²) in [7, 11) is 0. The van der Waals surface area contributed by atoms with Crippen LogP contribution in [0, 0.1) is 20.8 Å². The second-order valence-electron chi connectivity index (χ2n) is 16.7. The molecule has 4 nitrogen and oxygen atoms in total. The molecule has 0 saturated carbocycles. The van der Waals surface area contributed by atoms with Crippen LogP contribution in [-0.2, 0) is 30.5 Å². The molecule has 9 aromatic rings. The standard InChI is InChI=1S/C60H52N2O2/c1-5-60(63)64-53-38-36-52(37-39-53)62(49-30-18-44(4)19-31-49)51-34-22-46(23-35-51)25-41-59-56-12-8-6-10-54(56)58(55-11-7-9-13-57(55)59)40-24-45-20-32-50(33-21-45)61(47-26-14-42(2)15-27-47)48-28-16-43(3)17-29-48/h5-23,26-39H,1,24-25,40-41H2,2-4H3. The van der Waals surface area contributed by atoms with Crippen molar-refractivity contribution in [1.82, 2.24) is 0 Å². The highest BCUT2D eigenvalue weighted by Crippen LogP contribution is 2.39. The Morgan fingerprint density at radius 2 is 0.688 bits per heavy atom. The van der Waals surface area contributed by atoms with Crippen molar-refractivity contribution in [3.63, 3.8) is 0 Å². The van der Waals surface area contributed by atoms with Gasteiger partial charge in [0.15, 0.2) is 0 Å². The van der Waals surface area contributed by atoms with E-state index < -0.39 is 5.97 Å². The molecule has 0 unspecified atom stereocenters. The Hall–Kier alpha value is -7.69. The van der Waals surface area contributed by atoms with E-state index in [1.807, 2.05) is 24.3 Å². The lowest BCUT2D eigenvalue weighted by Gasteiger charge is -2.26. The van der Waals surface area contributed by atoms with Gasteiger partial charge in [-0.05, 0) is 175 Å². The fraction of sp³-hybridized carbons (Fsp3) is 0.117. The summed E-state index contributed by atoms with van der Waals surface area (Å²) in [5, 5.41) is 5.35. The van der Waals surface area contributed by atoms with Crippen LogP contribution in [0.3, 0.4) is 0 Å². The van der Waals surface area contributed by atoms with E-state index in [-0.39, 0.29) is 0 Å². The number of ether oxygens (including phenoxy) is 1. The Morgan fingerprint density at radius 3 is 0.984 bits per heavy atom. The van der Waals surface area contributed by atoms with Crippen LogP contribution < -0.4 is 14.5 Å². The van der Waals surface area contributed by atoms with Crippen LogP contribution in [-0.4, -0.2) is 5.97 Å². The third kappa shape index (κ3) is 9.09. The van der Waals surface area contributed by atoms with E-state index in [1.54, 1.807) is 0 Å². The highest BCUT2D eigenvalue weighted by Gasteiger charge is 2.17. The van der Waals surface area contributed by atoms with Gasteiger partial charge >= 0.3 is 5.97 Å². The highest BCUT2D eigenvalue weighted by molar-refractivity contribution is 6.06. The maximum Gasteiger partial charge on any atom is 0.335 e. The SMILES string of the molecule is C=CC(=O)Oc1ccc(N(c2ccc(C)cc2)c2ccc(CCc3c4ccccc4c(CCc4ccc(N(c5ccc(C)cc5)c5ccc(C)cc5)cc4)c4ccccc34)cc2)cc1. The number of esters is 1. The zero-order valence-electron chi connectivity index (χ0n) is 36.8. The second-order valence-corrected chi connectivity index (χ2v) is 16.7. The van der Waals surface area contributed by atoms with Crippen LogP contribution in [0.5, 0.6) is 5.75 Å². The number of hydrogen-bond donors (Lipinski definition) is 0. The minimum absolute atomic E-state index is 0.478. The molecule has 9 rings (SSSR count). The van der Waals surface area contributed by atoms with E-state index >= 15 is 0 Å². The molecule has 0 aromatic heterocycles. The number of nitrogens with zero attached hydrogens (tertiary/aromatic N) is 2. The maximum atomic E-state index is 11.8. The quantitative estimate of drug-likeness (QED) is 0.0473. The Morgan fingerprint density at radius 1 is 0.406 bits per heavy atom. The molecule has 9 aromatic carbocycles. The highest BCUT2D eigenvalue weighted by atomic mass is 16.5. The first-order valence-electron chi connectivity index (χ1n) is 22.1. The number of hydrogen-bond acceptors (Lipinski definition) is 4. The van der Waals surface area contributed by atoms with Crippen molar-refractivity contribution in [3.05, 3.63) is 246 Å². The molecule has 4 heteroatoms. The Bertz CT molecular complexity index is 2940. The van der Waals surface area contributed by atoms with E-state index in [2.05, 4.69) is 207 Å². The summed E-state index contributed by atoms with van der Waals surface area (Å²) in [5.74, 6) is 0.000213. The van der Waals surface area contributed by atoms with Gasteiger partial charge in [-0.1, -0.05) is 132 Å². The summed E-state index contributed by atoms with van der Waals surface area (Å²) < 4.78 is 5.36. The van der Waals surface area contributed by atoms with E-state index in [0.29, 0.717) is 5.75 Å². The van der Waals surface area contributed by atoms with Crippen molar-refractivity contribution in [2.24, 2.45) is 0 Å². The van der Waals surface area contributed by atoms with Gasteiger partial charge in [0.05, 0.1) is 0 Å². The molecular weight excluding hydrogens is 781 g/mol. The molecule has 0 aliphatic heterocycles. The fourth-order valence-electron chi connectivity index (χ4n) is 8.81. The lowest BCUT2D eigenvalue weighted by molar-refractivity contribution is -0.128. The summed E-state index contributed by atoms with van der Waals surface area (Å²) in [6, 6.07) is 69.7. The summed E-state index contributed by atoms with van der Waals surface area (Å²) in [6.45, 7) is 9.87. The zero-order valence-corrected chi connectivity index (χ0v) is 36.8. The van der Waals surface area contributed by atoms with Gasteiger partial charge in [-0.25, -0.2) is 4.79 Å². The van der Waals surface area contributed by atoms with Crippen LogP contribution in [0.1, 0.15) is 38.9 Å². The monoisotopic (exact) mass is 832 g/mol. The average molecular weight is 833 g/mol. The number of anilines is 6. The molecular formula is C60H52N2O2. The smallest absolute Gasteiger partial charge is 0.335 e. The predicted octanol–water partition coefficient (Wildman–Crippen LogP) is 15.5. The molecule has 0 fully saturated rings. The van der Waals surface area contributed by atoms with Crippen molar-refractivity contribution < 1.29 is 9.53 Å². The summed E-state index contributed by atoms with van der Waals surface area (Å²) in [6.07, 6.45) is 4.90. The van der Waals surface area contributed by atoms with Crippen LogP contribution >= 0.6 is 0 Å². The first-order chi connectivity index (χ1) is 31.3. The largest absolute Gasteiger partial charge is 0.423 e. The number of benzene rings is 9. The topological polar surface area (TPSA) is 32.8 Å². The summed E-state index contributed by atoms with van der Waals surface area (Å²) in [5.41, 5.74) is 15.6. The summed E-state index contributed by atoms with van der Waals surface area (Å²) in [4.78, 5) is 16.4. The first-order valence-corrected chi connectivity index (χ1v) is 22.1. The first kappa shape index (κ1) is 41.7. The zero-order chi connectivity index (χ0) is 44.0. The predicted molar refractivity (Wildman–Crippen MR) is 269 cm³/mol. The number of carbonyl (C=O) groups excluding carboxylic acids is 1. The Kier molecular flexibility index (Phi) is 12.2. The van der Waals surface area contributed by atoms with E-state index in [4.69, 9.17) is 4.74 Å². The van der Waals surface area contributed by atoms with Gasteiger partial charge in [0.25, 0.3) is 0 Å². The van der Waals surface area contributed by atoms with Crippen molar-refractivity contribution in [2.75, 3.05) is 9.80 Å². The van der Waals surface area contributed by atoms with Gasteiger partial charge in [-0.2, -0.15) is 0 Å². The lowest BCUT2D eigenvalue weighted by atomic mass is 9.87.